The summed E-state index contributed by atoms with van der Waals surface area (Å²) in [7, 11) is 1.60. The number of hydrogen-bond acceptors (Lipinski definition) is 6. The van der Waals surface area contributed by atoms with Gasteiger partial charge in [-0.1, -0.05) is 23.9 Å². The molecule has 2 heterocycles. The maximum atomic E-state index is 13.2. The van der Waals surface area contributed by atoms with E-state index in [0.717, 1.165) is 43.6 Å². The Bertz CT molecular complexity index is 883. The summed E-state index contributed by atoms with van der Waals surface area (Å²) in [6.45, 7) is 5.74. The molecule has 0 bridgehead atoms. The molecule has 0 N–H and O–H groups in total. The van der Waals surface area contributed by atoms with Crippen molar-refractivity contribution in [1.29, 1.82) is 0 Å². The van der Waals surface area contributed by atoms with Crippen LogP contribution in [-0.2, 0) is 11.3 Å². The van der Waals surface area contributed by atoms with Crippen LogP contribution in [0.25, 0.3) is 0 Å². The first kappa shape index (κ1) is 20.5. The first-order chi connectivity index (χ1) is 14.7. The van der Waals surface area contributed by atoms with Crippen molar-refractivity contribution in [3.05, 3.63) is 53.9 Å². The molecule has 4 rings (SSSR count). The predicted molar refractivity (Wildman–Crippen MR) is 111 cm³/mol. The summed E-state index contributed by atoms with van der Waals surface area (Å²) in [5.74, 6) is 2.34. The molecule has 1 aliphatic carbocycles. The van der Waals surface area contributed by atoms with Crippen LogP contribution in [0, 0.1) is 0 Å². The molecule has 2 aromatic rings. The quantitative estimate of drug-likeness (QED) is 0.550. The molecule has 160 valence electrons. The van der Waals surface area contributed by atoms with E-state index in [4.69, 9.17) is 18.7 Å². The van der Waals surface area contributed by atoms with E-state index in [1.165, 1.54) is 0 Å². The molecular weight excluding hydrogens is 384 g/mol. The van der Waals surface area contributed by atoms with Gasteiger partial charge in [0.1, 0.15) is 12.4 Å². The van der Waals surface area contributed by atoms with Gasteiger partial charge in [0.05, 0.1) is 13.2 Å². The molecule has 30 heavy (non-hydrogen) atoms. The molecular formula is C23H28N2O5. The summed E-state index contributed by atoms with van der Waals surface area (Å²) in [6, 6.07) is 7.48. The number of carbonyl (C=O) groups is 1. The average Bonchev–Trinajstić information content (AvgIpc) is 3.26. The highest BCUT2D eigenvalue weighted by Crippen LogP contribution is 2.40. The highest BCUT2D eigenvalue weighted by atomic mass is 16.5. The van der Waals surface area contributed by atoms with E-state index in [1.807, 2.05) is 18.2 Å². The number of benzene rings is 1. The summed E-state index contributed by atoms with van der Waals surface area (Å²) in [5.41, 5.74) is 1.29. The van der Waals surface area contributed by atoms with Gasteiger partial charge in [-0.2, -0.15) is 0 Å². The van der Waals surface area contributed by atoms with Crippen LogP contribution in [0.15, 0.2) is 41.4 Å². The van der Waals surface area contributed by atoms with E-state index in [1.54, 1.807) is 24.2 Å². The van der Waals surface area contributed by atoms with Gasteiger partial charge in [-0.05, 0) is 43.4 Å². The first-order valence-corrected chi connectivity index (χ1v) is 10.5. The van der Waals surface area contributed by atoms with E-state index in [0.29, 0.717) is 42.8 Å². The fourth-order valence-corrected chi connectivity index (χ4v) is 3.66. The molecule has 7 nitrogen and oxygen atoms in total. The molecule has 2 fully saturated rings. The summed E-state index contributed by atoms with van der Waals surface area (Å²) in [6.07, 6.45) is 5.90. The molecule has 1 unspecified atom stereocenters. The summed E-state index contributed by atoms with van der Waals surface area (Å²) < 4.78 is 22.3. The van der Waals surface area contributed by atoms with Crippen molar-refractivity contribution in [3.63, 3.8) is 0 Å². The third-order valence-corrected chi connectivity index (χ3v) is 5.42. The molecule has 1 saturated carbocycles. The number of amides is 1. The number of methoxy groups -OCH3 is 1. The fraction of sp³-hybridized carbons (Fsp3) is 0.478. The zero-order valence-electron chi connectivity index (χ0n) is 17.3. The minimum atomic E-state index is -0.146. The number of hydrogen-bond donors (Lipinski definition) is 0. The fourth-order valence-electron chi connectivity index (χ4n) is 3.66. The topological polar surface area (TPSA) is 74.0 Å². The maximum absolute atomic E-state index is 13.2. The van der Waals surface area contributed by atoms with Crippen molar-refractivity contribution in [2.24, 2.45) is 0 Å². The third kappa shape index (κ3) is 4.84. The van der Waals surface area contributed by atoms with Gasteiger partial charge in [-0.3, -0.25) is 4.79 Å². The van der Waals surface area contributed by atoms with Crippen LogP contribution < -0.4 is 9.47 Å². The Hall–Kier alpha value is -2.80. The lowest BCUT2D eigenvalue weighted by Crippen LogP contribution is -2.37. The smallest absolute Gasteiger partial charge is 0.276 e. The highest BCUT2D eigenvalue weighted by Gasteiger charge is 2.31. The lowest BCUT2D eigenvalue weighted by Gasteiger charge is -2.25. The monoisotopic (exact) mass is 412 g/mol. The first-order valence-electron chi connectivity index (χ1n) is 10.5. The standard InChI is InChI=1S/C23H28N2O5/c1-3-10-29-20-9-6-16(12-22(20)27-2)14-25(15-18-5-4-11-28-18)23(26)19-13-21(30-24-19)17-7-8-17/h3,6,9,12-13,17-18H,1,4-5,7-8,10-11,14-15H2,2H3. The van der Waals surface area contributed by atoms with Crippen LogP contribution in [0.5, 0.6) is 11.5 Å². The average molecular weight is 412 g/mol. The van der Waals surface area contributed by atoms with Gasteiger partial charge in [0.15, 0.2) is 17.2 Å². The molecule has 2 aliphatic rings. The van der Waals surface area contributed by atoms with Gasteiger partial charge in [0, 0.05) is 31.7 Å². The molecule has 0 radical (unpaired) electrons. The van der Waals surface area contributed by atoms with E-state index in [2.05, 4.69) is 11.7 Å². The third-order valence-electron chi connectivity index (χ3n) is 5.42. The Balaban J connectivity index is 1.52. The minimum absolute atomic E-state index is 0.0425. The summed E-state index contributed by atoms with van der Waals surface area (Å²) in [5, 5.41) is 4.03. The Kier molecular flexibility index (Phi) is 6.38. The molecule has 7 heteroatoms. The van der Waals surface area contributed by atoms with Crippen molar-refractivity contribution in [1.82, 2.24) is 10.1 Å². The van der Waals surface area contributed by atoms with Crippen LogP contribution in [0.1, 0.15) is 53.4 Å². The lowest BCUT2D eigenvalue weighted by atomic mass is 10.1. The van der Waals surface area contributed by atoms with Crippen molar-refractivity contribution in [2.75, 3.05) is 26.9 Å². The van der Waals surface area contributed by atoms with Gasteiger partial charge < -0.3 is 23.6 Å². The van der Waals surface area contributed by atoms with Gasteiger partial charge >= 0.3 is 0 Å². The molecule has 1 aromatic heterocycles. The Morgan fingerprint density at radius 2 is 2.17 bits per heavy atom. The van der Waals surface area contributed by atoms with E-state index < -0.39 is 0 Å². The second-order valence-corrected chi connectivity index (χ2v) is 7.79. The van der Waals surface area contributed by atoms with Crippen LogP contribution in [0.3, 0.4) is 0 Å². The normalized spacial score (nSPS) is 18.2. The zero-order chi connectivity index (χ0) is 20.9. The van der Waals surface area contributed by atoms with Crippen molar-refractivity contribution >= 4 is 5.91 Å². The van der Waals surface area contributed by atoms with Crippen LogP contribution in [0.2, 0.25) is 0 Å². The molecule has 1 amide bonds. The highest BCUT2D eigenvalue weighted by molar-refractivity contribution is 5.92. The summed E-state index contributed by atoms with van der Waals surface area (Å²) >= 11 is 0. The second kappa shape index (κ2) is 9.34. The van der Waals surface area contributed by atoms with Gasteiger partial charge in [-0.25, -0.2) is 0 Å². The maximum Gasteiger partial charge on any atom is 0.276 e. The van der Waals surface area contributed by atoms with E-state index in [-0.39, 0.29) is 12.0 Å². The Morgan fingerprint density at radius 3 is 2.87 bits per heavy atom. The molecule has 1 aromatic carbocycles. The molecule has 1 atom stereocenters. The van der Waals surface area contributed by atoms with Crippen LogP contribution >= 0.6 is 0 Å². The number of rotatable bonds is 10. The SMILES string of the molecule is C=CCOc1ccc(CN(CC2CCCO2)C(=O)c2cc(C3CC3)on2)cc1OC. The van der Waals surface area contributed by atoms with E-state index >= 15 is 0 Å². The number of carbonyl (C=O) groups excluding carboxylic acids is 1. The predicted octanol–water partition coefficient (Wildman–Crippen LogP) is 3.95. The largest absolute Gasteiger partial charge is 0.493 e. The minimum Gasteiger partial charge on any atom is -0.493 e. The van der Waals surface area contributed by atoms with Gasteiger partial charge in [-0.15, -0.1) is 0 Å². The van der Waals surface area contributed by atoms with Crippen molar-refractivity contribution < 1.29 is 23.5 Å². The Morgan fingerprint density at radius 1 is 1.30 bits per heavy atom. The Labute approximate surface area is 176 Å². The number of aromatic nitrogens is 1. The summed E-state index contributed by atoms with van der Waals surface area (Å²) in [4.78, 5) is 15.0. The van der Waals surface area contributed by atoms with Crippen LogP contribution in [0.4, 0.5) is 0 Å². The molecule has 0 spiro atoms. The molecule has 1 aliphatic heterocycles. The van der Waals surface area contributed by atoms with Crippen molar-refractivity contribution in [2.45, 2.75) is 44.2 Å². The molecule has 1 saturated heterocycles. The van der Waals surface area contributed by atoms with Crippen molar-refractivity contribution in [3.8, 4) is 11.5 Å². The lowest BCUT2D eigenvalue weighted by molar-refractivity contribution is 0.0499. The van der Waals surface area contributed by atoms with Crippen LogP contribution in [-0.4, -0.2) is 48.9 Å². The zero-order valence-corrected chi connectivity index (χ0v) is 17.3. The van der Waals surface area contributed by atoms with E-state index in [9.17, 15) is 4.79 Å². The van der Waals surface area contributed by atoms with Gasteiger partial charge in [0.25, 0.3) is 5.91 Å². The van der Waals surface area contributed by atoms with Gasteiger partial charge in [0.2, 0.25) is 0 Å². The number of nitrogens with zero attached hydrogens (tertiary/aromatic N) is 2. The second-order valence-electron chi connectivity index (χ2n) is 7.79. The number of ether oxygens (including phenoxy) is 3.